The van der Waals surface area contributed by atoms with Crippen molar-refractivity contribution in [2.75, 3.05) is 0 Å². The summed E-state index contributed by atoms with van der Waals surface area (Å²) in [5.74, 6) is 0.0804. The Morgan fingerprint density at radius 1 is 1.15 bits per heavy atom. The minimum Gasteiger partial charge on any atom is -0.273 e. The van der Waals surface area contributed by atoms with Crippen molar-refractivity contribution in [3.05, 3.63) is 52.8 Å². The average Bonchev–Trinajstić information content (AvgIpc) is 2.74. The maximum absolute atomic E-state index is 12.3. The van der Waals surface area contributed by atoms with E-state index in [1.807, 2.05) is 32.0 Å². The molecule has 0 bridgehead atoms. The molecule has 1 aromatic carbocycles. The van der Waals surface area contributed by atoms with Gasteiger partial charge in [-0.25, -0.2) is 4.68 Å². The van der Waals surface area contributed by atoms with Crippen LogP contribution >= 0.6 is 0 Å². The molecule has 0 radical (unpaired) electrons. The van der Waals surface area contributed by atoms with Crippen LogP contribution in [-0.2, 0) is 12.8 Å². The monoisotopic (exact) mass is 270 g/mol. The molecule has 1 heterocycles. The van der Waals surface area contributed by atoms with Crippen LogP contribution < -0.4 is 0 Å². The van der Waals surface area contributed by atoms with Crippen LogP contribution in [0.4, 0.5) is 0 Å². The Morgan fingerprint density at radius 3 is 2.50 bits per heavy atom. The zero-order valence-electron chi connectivity index (χ0n) is 12.5. The molecule has 0 N–H and O–H groups in total. The first-order valence-corrected chi connectivity index (χ1v) is 7.25. The molecule has 0 aliphatic rings. The number of aromatic nitrogens is 2. The summed E-state index contributed by atoms with van der Waals surface area (Å²) in [5.41, 5.74) is 4.40. The summed E-state index contributed by atoms with van der Waals surface area (Å²) in [6.45, 7) is 6.12. The number of benzene rings is 1. The lowest BCUT2D eigenvalue weighted by molar-refractivity contribution is 0.0884. The molecule has 0 atom stereocenters. The lowest BCUT2D eigenvalue weighted by atomic mass is 10.1. The molecule has 0 spiro atoms. The highest BCUT2D eigenvalue weighted by Gasteiger charge is 2.15. The van der Waals surface area contributed by atoms with E-state index in [0.29, 0.717) is 6.42 Å². The fourth-order valence-electron chi connectivity index (χ4n) is 2.53. The van der Waals surface area contributed by atoms with Gasteiger partial charge in [-0.1, -0.05) is 43.7 Å². The zero-order valence-corrected chi connectivity index (χ0v) is 12.5. The third-order valence-electron chi connectivity index (χ3n) is 3.65. The van der Waals surface area contributed by atoms with Crippen molar-refractivity contribution >= 4 is 5.91 Å². The molecule has 2 rings (SSSR count). The highest BCUT2D eigenvalue weighted by atomic mass is 16.2. The third kappa shape index (κ3) is 3.16. The average molecular weight is 270 g/mol. The molecule has 0 aliphatic carbocycles. The molecule has 3 nitrogen and oxygen atoms in total. The third-order valence-corrected chi connectivity index (χ3v) is 3.65. The van der Waals surface area contributed by atoms with Gasteiger partial charge in [-0.15, -0.1) is 0 Å². The standard InChI is InChI=1S/C17H22N2O/c1-4-8-16-13(2)18-19(14(16)3)17(20)12-11-15-9-6-5-7-10-15/h5-7,9-10H,4,8,11-12H2,1-3H3. The van der Waals surface area contributed by atoms with Crippen LogP contribution in [0.3, 0.4) is 0 Å². The minimum absolute atomic E-state index is 0.0804. The summed E-state index contributed by atoms with van der Waals surface area (Å²) in [6, 6.07) is 10.1. The lowest BCUT2D eigenvalue weighted by Gasteiger charge is -2.04. The van der Waals surface area contributed by atoms with Crippen molar-refractivity contribution in [1.29, 1.82) is 0 Å². The highest BCUT2D eigenvalue weighted by Crippen LogP contribution is 2.16. The molecular weight excluding hydrogens is 248 g/mol. The first kappa shape index (κ1) is 14.5. The van der Waals surface area contributed by atoms with E-state index in [2.05, 4.69) is 24.2 Å². The molecule has 1 aromatic heterocycles. The van der Waals surface area contributed by atoms with E-state index in [9.17, 15) is 4.79 Å². The van der Waals surface area contributed by atoms with Crippen molar-refractivity contribution in [1.82, 2.24) is 9.78 Å². The van der Waals surface area contributed by atoms with Crippen LogP contribution in [0, 0.1) is 13.8 Å². The maximum atomic E-state index is 12.3. The zero-order chi connectivity index (χ0) is 14.5. The van der Waals surface area contributed by atoms with Crippen LogP contribution in [0.1, 0.15) is 47.1 Å². The summed E-state index contributed by atoms with van der Waals surface area (Å²) >= 11 is 0. The lowest BCUT2D eigenvalue weighted by Crippen LogP contribution is -2.15. The quantitative estimate of drug-likeness (QED) is 0.830. The Hall–Kier alpha value is -1.90. The van der Waals surface area contributed by atoms with E-state index in [1.54, 1.807) is 4.68 Å². The summed E-state index contributed by atoms with van der Waals surface area (Å²) in [4.78, 5) is 12.3. The largest absolute Gasteiger partial charge is 0.273 e. The van der Waals surface area contributed by atoms with Gasteiger partial charge < -0.3 is 0 Å². The van der Waals surface area contributed by atoms with Gasteiger partial charge in [0, 0.05) is 12.1 Å². The van der Waals surface area contributed by atoms with Crippen molar-refractivity contribution in [2.45, 2.75) is 46.5 Å². The van der Waals surface area contributed by atoms with Gasteiger partial charge in [0.05, 0.1) is 5.69 Å². The molecule has 0 saturated carbocycles. The molecule has 2 aromatic rings. The molecule has 3 heteroatoms. The van der Waals surface area contributed by atoms with E-state index >= 15 is 0 Å². The van der Waals surface area contributed by atoms with Gasteiger partial charge in [-0.05, 0) is 37.8 Å². The number of nitrogens with zero attached hydrogens (tertiary/aromatic N) is 2. The molecule has 0 unspecified atom stereocenters. The van der Waals surface area contributed by atoms with Crippen molar-refractivity contribution in [3.8, 4) is 0 Å². The molecule has 0 fully saturated rings. The number of carbonyl (C=O) groups excluding carboxylic acids is 1. The fourth-order valence-corrected chi connectivity index (χ4v) is 2.53. The van der Waals surface area contributed by atoms with Gasteiger partial charge in [0.15, 0.2) is 0 Å². The maximum Gasteiger partial charge on any atom is 0.247 e. The fraction of sp³-hybridized carbons (Fsp3) is 0.412. The normalized spacial score (nSPS) is 10.8. The number of hydrogen-bond acceptors (Lipinski definition) is 2. The number of aryl methyl sites for hydroxylation is 2. The van der Waals surface area contributed by atoms with Gasteiger partial charge in [-0.3, -0.25) is 4.79 Å². The van der Waals surface area contributed by atoms with Crippen molar-refractivity contribution < 1.29 is 4.79 Å². The van der Waals surface area contributed by atoms with Crippen LogP contribution in [0.5, 0.6) is 0 Å². The van der Waals surface area contributed by atoms with E-state index in [0.717, 1.165) is 30.7 Å². The van der Waals surface area contributed by atoms with Gasteiger partial charge in [0.1, 0.15) is 0 Å². The molecule has 0 aliphatic heterocycles. The van der Waals surface area contributed by atoms with Gasteiger partial charge in [-0.2, -0.15) is 5.10 Å². The second kappa shape index (κ2) is 6.51. The van der Waals surface area contributed by atoms with Gasteiger partial charge in [0.2, 0.25) is 5.91 Å². The van der Waals surface area contributed by atoms with Crippen molar-refractivity contribution in [3.63, 3.8) is 0 Å². The van der Waals surface area contributed by atoms with E-state index in [4.69, 9.17) is 0 Å². The van der Waals surface area contributed by atoms with Crippen LogP contribution in [0.25, 0.3) is 0 Å². The van der Waals surface area contributed by atoms with E-state index < -0.39 is 0 Å². The Bertz CT molecular complexity index is 585. The topological polar surface area (TPSA) is 34.9 Å². The molecular formula is C17H22N2O. The predicted octanol–water partition coefficient (Wildman–Crippen LogP) is 3.73. The Morgan fingerprint density at radius 2 is 1.85 bits per heavy atom. The van der Waals surface area contributed by atoms with Gasteiger partial charge >= 0.3 is 0 Å². The van der Waals surface area contributed by atoms with Gasteiger partial charge in [0.25, 0.3) is 0 Å². The highest BCUT2D eigenvalue weighted by molar-refractivity contribution is 5.79. The van der Waals surface area contributed by atoms with Crippen molar-refractivity contribution in [2.24, 2.45) is 0 Å². The minimum atomic E-state index is 0.0804. The summed E-state index contributed by atoms with van der Waals surface area (Å²) < 4.78 is 1.59. The second-order valence-corrected chi connectivity index (χ2v) is 5.19. The molecule has 106 valence electrons. The second-order valence-electron chi connectivity index (χ2n) is 5.19. The Balaban J connectivity index is 2.08. The molecule has 20 heavy (non-hydrogen) atoms. The van der Waals surface area contributed by atoms with E-state index in [-0.39, 0.29) is 5.91 Å². The van der Waals surface area contributed by atoms with Crippen LogP contribution in [0.15, 0.2) is 30.3 Å². The first-order chi connectivity index (χ1) is 9.63. The Labute approximate surface area is 120 Å². The smallest absolute Gasteiger partial charge is 0.247 e. The SMILES string of the molecule is CCCc1c(C)nn(C(=O)CCc2ccccc2)c1C. The summed E-state index contributed by atoms with van der Waals surface area (Å²) in [5, 5.41) is 4.41. The molecule has 0 amide bonds. The predicted molar refractivity (Wildman–Crippen MR) is 81.1 cm³/mol. The summed E-state index contributed by atoms with van der Waals surface area (Å²) in [7, 11) is 0. The Kier molecular flexibility index (Phi) is 4.72. The number of rotatable bonds is 5. The van der Waals surface area contributed by atoms with Crippen LogP contribution in [-0.4, -0.2) is 15.7 Å². The summed E-state index contributed by atoms with van der Waals surface area (Å²) in [6.07, 6.45) is 3.33. The van der Waals surface area contributed by atoms with Crippen LogP contribution in [0.2, 0.25) is 0 Å². The first-order valence-electron chi connectivity index (χ1n) is 7.25. The number of carbonyl (C=O) groups is 1. The van der Waals surface area contributed by atoms with E-state index in [1.165, 1.54) is 11.1 Å². The molecule has 0 saturated heterocycles. The number of hydrogen-bond donors (Lipinski definition) is 0.